The van der Waals surface area contributed by atoms with E-state index >= 15 is 0 Å². The molecule has 0 saturated carbocycles. The van der Waals surface area contributed by atoms with Gasteiger partial charge >= 0.3 is 0 Å². The highest BCUT2D eigenvalue weighted by Crippen LogP contribution is 2.30. The lowest BCUT2D eigenvalue weighted by atomic mass is 9.86. The summed E-state index contributed by atoms with van der Waals surface area (Å²) in [6.07, 6.45) is 3.26. The zero-order valence-electron chi connectivity index (χ0n) is 15.4. The first-order valence-electron chi connectivity index (χ1n) is 8.15. The van der Waals surface area contributed by atoms with E-state index in [-0.39, 0.29) is 11.3 Å². The van der Waals surface area contributed by atoms with E-state index in [0.717, 1.165) is 16.8 Å². The lowest BCUT2D eigenvalue weighted by Gasteiger charge is -2.22. The molecule has 2 aromatic carbocycles. The quantitative estimate of drug-likeness (QED) is 0.806. The lowest BCUT2D eigenvalue weighted by Crippen LogP contribution is -2.17. The van der Waals surface area contributed by atoms with Gasteiger partial charge in [-0.1, -0.05) is 45.0 Å². The van der Waals surface area contributed by atoms with Gasteiger partial charge in [-0.05, 0) is 40.8 Å². The lowest BCUT2D eigenvalue weighted by molar-refractivity contribution is -0.111. The van der Waals surface area contributed by atoms with E-state index in [1.165, 1.54) is 6.08 Å². The number of rotatable bonds is 5. The van der Waals surface area contributed by atoms with Crippen molar-refractivity contribution in [3.63, 3.8) is 0 Å². The van der Waals surface area contributed by atoms with Gasteiger partial charge in [-0.15, -0.1) is 0 Å². The van der Waals surface area contributed by atoms with Crippen LogP contribution in [0.1, 0.15) is 31.9 Å². The summed E-state index contributed by atoms with van der Waals surface area (Å²) in [5, 5.41) is 2.96. The molecule has 0 bridgehead atoms. The maximum atomic E-state index is 12.3. The molecule has 4 heteroatoms. The predicted molar refractivity (Wildman–Crippen MR) is 102 cm³/mol. The van der Waals surface area contributed by atoms with Crippen molar-refractivity contribution in [1.82, 2.24) is 0 Å². The summed E-state index contributed by atoms with van der Waals surface area (Å²) in [4.78, 5) is 12.3. The summed E-state index contributed by atoms with van der Waals surface area (Å²) in [6.45, 7) is 6.37. The van der Waals surface area contributed by atoms with Gasteiger partial charge in [0.2, 0.25) is 5.91 Å². The minimum atomic E-state index is -0.175. The molecule has 0 aromatic heterocycles. The second-order valence-electron chi connectivity index (χ2n) is 6.73. The molecule has 0 heterocycles. The fourth-order valence-electron chi connectivity index (χ4n) is 2.55. The van der Waals surface area contributed by atoms with E-state index in [1.807, 2.05) is 42.5 Å². The number of anilines is 1. The molecule has 0 spiro atoms. The Balaban J connectivity index is 2.15. The minimum absolute atomic E-state index is 0.0447. The summed E-state index contributed by atoms with van der Waals surface area (Å²) >= 11 is 0. The van der Waals surface area contributed by atoms with Gasteiger partial charge in [-0.3, -0.25) is 4.79 Å². The number of carbonyl (C=O) groups excluding carboxylic acids is 1. The second-order valence-corrected chi connectivity index (χ2v) is 6.73. The summed E-state index contributed by atoms with van der Waals surface area (Å²) in [5.74, 6) is 1.11. The highest BCUT2D eigenvalue weighted by molar-refractivity contribution is 6.02. The van der Waals surface area contributed by atoms with Crippen molar-refractivity contribution < 1.29 is 14.3 Å². The Bertz CT molecular complexity index is 773. The molecule has 0 radical (unpaired) electrons. The standard InChI is InChI=1S/C21H25NO3/c1-21(2,3)16-8-6-7-9-17(16)22-20(23)13-11-15-10-12-18(24-4)19(14-15)25-5/h6-14H,1-5H3,(H,22,23)/b13-11+. The highest BCUT2D eigenvalue weighted by atomic mass is 16.5. The van der Waals surface area contributed by atoms with Crippen molar-refractivity contribution in [1.29, 1.82) is 0 Å². The number of para-hydroxylation sites is 1. The molecule has 0 fully saturated rings. The maximum absolute atomic E-state index is 12.3. The van der Waals surface area contributed by atoms with Crippen LogP contribution in [0.3, 0.4) is 0 Å². The third kappa shape index (κ3) is 4.86. The Morgan fingerprint density at radius 3 is 2.32 bits per heavy atom. The predicted octanol–water partition coefficient (Wildman–Crippen LogP) is 4.65. The van der Waals surface area contributed by atoms with Gasteiger partial charge in [0.25, 0.3) is 0 Å². The van der Waals surface area contributed by atoms with Gasteiger partial charge in [0.1, 0.15) is 0 Å². The molecule has 0 aliphatic heterocycles. The van der Waals surface area contributed by atoms with Crippen LogP contribution in [0.25, 0.3) is 6.08 Å². The Morgan fingerprint density at radius 1 is 1.00 bits per heavy atom. The first-order chi connectivity index (χ1) is 11.8. The van der Waals surface area contributed by atoms with Crippen molar-refractivity contribution in [2.75, 3.05) is 19.5 Å². The van der Waals surface area contributed by atoms with Gasteiger partial charge in [0.15, 0.2) is 11.5 Å². The Kier molecular flexibility index (Phi) is 5.86. The molecule has 0 aliphatic rings. The SMILES string of the molecule is COc1ccc(/C=C/C(=O)Nc2ccccc2C(C)(C)C)cc1OC. The molecule has 0 atom stereocenters. The van der Waals surface area contributed by atoms with Crippen LogP contribution < -0.4 is 14.8 Å². The first kappa shape index (κ1) is 18.6. The number of carbonyl (C=O) groups is 1. The Morgan fingerprint density at radius 2 is 1.68 bits per heavy atom. The fourth-order valence-corrected chi connectivity index (χ4v) is 2.55. The van der Waals surface area contributed by atoms with Crippen LogP contribution in [-0.2, 0) is 10.2 Å². The largest absolute Gasteiger partial charge is 0.493 e. The number of methoxy groups -OCH3 is 2. The first-order valence-corrected chi connectivity index (χ1v) is 8.15. The molecule has 1 N–H and O–H groups in total. The highest BCUT2D eigenvalue weighted by Gasteiger charge is 2.17. The average molecular weight is 339 g/mol. The zero-order valence-corrected chi connectivity index (χ0v) is 15.4. The van der Waals surface area contributed by atoms with E-state index in [9.17, 15) is 4.79 Å². The van der Waals surface area contributed by atoms with Crippen LogP contribution in [0.4, 0.5) is 5.69 Å². The molecule has 0 unspecified atom stereocenters. The number of ether oxygens (including phenoxy) is 2. The zero-order chi connectivity index (χ0) is 18.4. The molecular formula is C21H25NO3. The van der Waals surface area contributed by atoms with Crippen LogP contribution in [0, 0.1) is 0 Å². The van der Waals surface area contributed by atoms with E-state index in [1.54, 1.807) is 20.3 Å². The van der Waals surface area contributed by atoms with Crippen molar-refractivity contribution in [3.8, 4) is 11.5 Å². The van der Waals surface area contributed by atoms with Gasteiger partial charge in [-0.25, -0.2) is 0 Å². The summed E-state index contributed by atoms with van der Waals surface area (Å²) in [7, 11) is 3.18. The van der Waals surface area contributed by atoms with Crippen molar-refractivity contribution >= 4 is 17.7 Å². The van der Waals surface area contributed by atoms with Crippen molar-refractivity contribution in [2.45, 2.75) is 26.2 Å². The molecule has 2 rings (SSSR count). The van der Waals surface area contributed by atoms with E-state index in [2.05, 4.69) is 26.1 Å². The molecule has 0 saturated heterocycles. The Hall–Kier alpha value is -2.75. The van der Waals surface area contributed by atoms with Crippen LogP contribution in [0.5, 0.6) is 11.5 Å². The third-order valence-electron chi connectivity index (χ3n) is 3.83. The molecular weight excluding hydrogens is 314 g/mol. The number of nitrogens with one attached hydrogen (secondary N) is 1. The summed E-state index contributed by atoms with van der Waals surface area (Å²) < 4.78 is 10.5. The molecule has 0 aliphatic carbocycles. The van der Waals surface area contributed by atoms with Crippen molar-refractivity contribution in [3.05, 3.63) is 59.7 Å². The summed E-state index contributed by atoms with van der Waals surface area (Å²) in [6, 6.07) is 13.4. The maximum Gasteiger partial charge on any atom is 0.248 e. The van der Waals surface area contributed by atoms with Crippen LogP contribution in [0.15, 0.2) is 48.5 Å². The number of amides is 1. The van der Waals surface area contributed by atoms with Crippen LogP contribution in [-0.4, -0.2) is 20.1 Å². The molecule has 1 amide bonds. The third-order valence-corrected chi connectivity index (χ3v) is 3.83. The number of hydrogen-bond acceptors (Lipinski definition) is 3. The van der Waals surface area contributed by atoms with Crippen LogP contribution >= 0.6 is 0 Å². The van der Waals surface area contributed by atoms with Crippen LogP contribution in [0.2, 0.25) is 0 Å². The fraction of sp³-hybridized carbons (Fsp3) is 0.286. The monoisotopic (exact) mass is 339 g/mol. The summed E-state index contributed by atoms with van der Waals surface area (Å²) in [5.41, 5.74) is 2.74. The number of hydrogen-bond donors (Lipinski definition) is 1. The molecule has 25 heavy (non-hydrogen) atoms. The molecule has 132 valence electrons. The van der Waals surface area contributed by atoms with Gasteiger partial charge in [0, 0.05) is 11.8 Å². The average Bonchev–Trinajstić information content (AvgIpc) is 2.59. The smallest absolute Gasteiger partial charge is 0.248 e. The van der Waals surface area contributed by atoms with Gasteiger partial charge in [0.05, 0.1) is 14.2 Å². The Labute approximate surface area is 149 Å². The number of benzene rings is 2. The van der Waals surface area contributed by atoms with E-state index in [0.29, 0.717) is 11.5 Å². The minimum Gasteiger partial charge on any atom is -0.493 e. The van der Waals surface area contributed by atoms with Gasteiger partial charge in [-0.2, -0.15) is 0 Å². The van der Waals surface area contributed by atoms with Crippen molar-refractivity contribution in [2.24, 2.45) is 0 Å². The van der Waals surface area contributed by atoms with Gasteiger partial charge < -0.3 is 14.8 Å². The topological polar surface area (TPSA) is 47.6 Å². The normalized spacial score (nSPS) is 11.4. The molecule has 4 nitrogen and oxygen atoms in total. The molecule has 2 aromatic rings. The second kappa shape index (κ2) is 7.88. The van der Waals surface area contributed by atoms with E-state index in [4.69, 9.17) is 9.47 Å². The van der Waals surface area contributed by atoms with E-state index < -0.39 is 0 Å².